The molecule has 3 heteroatoms. The van der Waals surface area contributed by atoms with Gasteiger partial charge in [0, 0.05) is 6.04 Å². The number of fused-ring (bicyclic) bond motifs is 1. The van der Waals surface area contributed by atoms with Crippen LogP contribution in [0.5, 0.6) is 5.75 Å². The van der Waals surface area contributed by atoms with E-state index < -0.39 is 6.10 Å². The fraction of sp³-hybridized carbons (Fsp3) is 0.412. The summed E-state index contributed by atoms with van der Waals surface area (Å²) in [5, 5.41) is 12.5. The normalized spacial score (nSPS) is 14.2. The molecule has 0 saturated carbocycles. The third-order valence-corrected chi connectivity index (χ3v) is 3.71. The van der Waals surface area contributed by atoms with Crippen molar-refractivity contribution in [3.05, 3.63) is 42.0 Å². The van der Waals surface area contributed by atoms with Gasteiger partial charge in [0.2, 0.25) is 0 Å². The van der Waals surface area contributed by atoms with Crippen LogP contribution in [0.3, 0.4) is 0 Å². The SMILES string of the molecule is CCCCC(N)C(O)c1ccc2cc(OC)ccc2c1. The Labute approximate surface area is 120 Å². The molecule has 3 N–H and O–H groups in total. The van der Waals surface area contributed by atoms with Crippen LogP contribution < -0.4 is 10.5 Å². The van der Waals surface area contributed by atoms with Gasteiger partial charge in [-0.25, -0.2) is 0 Å². The first kappa shape index (κ1) is 14.8. The van der Waals surface area contributed by atoms with Crippen molar-refractivity contribution in [3.8, 4) is 5.75 Å². The number of rotatable bonds is 6. The molecule has 0 heterocycles. The third-order valence-electron chi connectivity index (χ3n) is 3.71. The smallest absolute Gasteiger partial charge is 0.119 e. The Morgan fingerprint density at radius 1 is 1.15 bits per heavy atom. The van der Waals surface area contributed by atoms with Crippen molar-refractivity contribution in [1.82, 2.24) is 0 Å². The van der Waals surface area contributed by atoms with Crippen LogP contribution in [0.1, 0.15) is 37.9 Å². The molecule has 2 aromatic rings. The van der Waals surface area contributed by atoms with Gasteiger partial charge in [-0.2, -0.15) is 0 Å². The maximum absolute atomic E-state index is 10.3. The number of aliphatic hydroxyl groups excluding tert-OH is 1. The van der Waals surface area contributed by atoms with Gasteiger partial charge in [-0.15, -0.1) is 0 Å². The lowest BCUT2D eigenvalue weighted by atomic mass is 9.96. The summed E-state index contributed by atoms with van der Waals surface area (Å²) in [6.45, 7) is 2.13. The van der Waals surface area contributed by atoms with E-state index in [0.717, 1.165) is 41.3 Å². The molecular weight excluding hydrogens is 250 g/mol. The zero-order chi connectivity index (χ0) is 14.5. The fourth-order valence-electron chi connectivity index (χ4n) is 2.40. The highest BCUT2D eigenvalue weighted by Crippen LogP contribution is 2.26. The molecule has 2 rings (SSSR count). The Morgan fingerprint density at radius 2 is 1.85 bits per heavy atom. The lowest BCUT2D eigenvalue weighted by Crippen LogP contribution is -2.28. The minimum absolute atomic E-state index is 0.203. The van der Waals surface area contributed by atoms with Gasteiger partial charge in [0.15, 0.2) is 0 Å². The summed E-state index contributed by atoms with van der Waals surface area (Å²) < 4.78 is 5.21. The standard InChI is InChI=1S/C17H23NO2/c1-3-4-5-16(18)17(19)14-7-6-13-11-15(20-2)9-8-12(13)10-14/h6-11,16-17,19H,3-5,18H2,1-2H3. The monoisotopic (exact) mass is 273 g/mol. The van der Waals surface area contributed by atoms with Crippen molar-refractivity contribution in [2.75, 3.05) is 7.11 Å². The van der Waals surface area contributed by atoms with E-state index in [9.17, 15) is 5.11 Å². The van der Waals surface area contributed by atoms with Crippen LogP contribution >= 0.6 is 0 Å². The van der Waals surface area contributed by atoms with Gasteiger partial charge < -0.3 is 15.6 Å². The number of methoxy groups -OCH3 is 1. The van der Waals surface area contributed by atoms with Gasteiger partial charge in [0.1, 0.15) is 5.75 Å². The number of aliphatic hydroxyl groups is 1. The number of hydrogen-bond acceptors (Lipinski definition) is 3. The number of nitrogens with two attached hydrogens (primary N) is 1. The van der Waals surface area contributed by atoms with E-state index in [1.165, 1.54) is 0 Å². The van der Waals surface area contributed by atoms with Crippen LogP contribution in [-0.4, -0.2) is 18.3 Å². The Morgan fingerprint density at radius 3 is 2.55 bits per heavy atom. The maximum Gasteiger partial charge on any atom is 0.119 e. The average Bonchev–Trinajstić information content (AvgIpc) is 2.50. The number of benzene rings is 2. The van der Waals surface area contributed by atoms with Gasteiger partial charge in [-0.3, -0.25) is 0 Å². The summed E-state index contributed by atoms with van der Waals surface area (Å²) in [6.07, 6.45) is 2.38. The summed E-state index contributed by atoms with van der Waals surface area (Å²) >= 11 is 0. The van der Waals surface area contributed by atoms with Crippen molar-refractivity contribution in [3.63, 3.8) is 0 Å². The van der Waals surface area contributed by atoms with Gasteiger partial charge in [-0.05, 0) is 41.0 Å². The van der Waals surface area contributed by atoms with Crippen LogP contribution in [0.15, 0.2) is 36.4 Å². The zero-order valence-corrected chi connectivity index (χ0v) is 12.2. The van der Waals surface area contributed by atoms with E-state index in [2.05, 4.69) is 6.92 Å². The topological polar surface area (TPSA) is 55.5 Å². The van der Waals surface area contributed by atoms with E-state index in [1.54, 1.807) is 7.11 Å². The zero-order valence-electron chi connectivity index (χ0n) is 12.2. The molecule has 0 aliphatic heterocycles. The van der Waals surface area contributed by atoms with Gasteiger partial charge in [0.05, 0.1) is 13.2 Å². The second kappa shape index (κ2) is 6.73. The minimum atomic E-state index is -0.604. The Balaban J connectivity index is 2.22. The molecule has 0 radical (unpaired) electrons. The van der Waals surface area contributed by atoms with Crippen molar-refractivity contribution in [2.24, 2.45) is 5.73 Å². The van der Waals surface area contributed by atoms with E-state index in [-0.39, 0.29) is 6.04 Å². The molecule has 0 bridgehead atoms. The molecule has 0 aromatic heterocycles. The van der Waals surface area contributed by atoms with E-state index >= 15 is 0 Å². The van der Waals surface area contributed by atoms with E-state index in [1.807, 2.05) is 36.4 Å². The van der Waals surface area contributed by atoms with Crippen molar-refractivity contribution < 1.29 is 9.84 Å². The summed E-state index contributed by atoms with van der Waals surface area (Å²) in [7, 11) is 1.66. The summed E-state index contributed by atoms with van der Waals surface area (Å²) in [6, 6.07) is 11.7. The summed E-state index contributed by atoms with van der Waals surface area (Å²) in [4.78, 5) is 0. The first-order valence-corrected chi connectivity index (χ1v) is 7.17. The molecule has 20 heavy (non-hydrogen) atoms. The van der Waals surface area contributed by atoms with Crippen molar-refractivity contribution in [1.29, 1.82) is 0 Å². The van der Waals surface area contributed by atoms with Gasteiger partial charge in [0.25, 0.3) is 0 Å². The first-order valence-electron chi connectivity index (χ1n) is 7.17. The quantitative estimate of drug-likeness (QED) is 0.848. The number of hydrogen-bond donors (Lipinski definition) is 2. The molecule has 0 amide bonds. The lowest BCUT2D eigenvalue weighted by molar-refractivity contribution is 0.141. The van der Waals surface area contributed by atoms with Gasteiger partial charge >= 0.3 is 0 Å². The highest BCUT2D eigenvalue weighted by Gasteiger charge is 2.16. The van der Waals surface area contributed by atoms with E-state index in [4.69, 9.17) is 10.5 Å². The first-order chi connectivity index (χ1) is 9.65. The largest absolute Gasteiger partial charge is 0.497 e. The Bertz CT molecular complexity index is 568. The van der Waals surface area contributed by atoms with Crippen LogP contribution in [0.2, 0.25) is 0 Å². The third kappa shape index (κ3) is 3.30. The van der Waals surface area contributed by atoms with Crippen LogP contribution in [0.25, 0.3) is 10.8 Å². The van der Waals surface area contributed by atoms with Crippen molar-refractivity contribution >= 4 is 10.8 Å². The molecule has 2 aromatic carbocycles. The molecule has 3 nitrogen and oxygen atoms in total. The highest BCUT2D eigenvalue weighted by molar-refractivity contribution is 5.84. The maximum atomic E-state index is 10.3. The molecule has 0 fully saturated rings. The predicted molar refractivity (Wildman–Crippen MR) is 83.0 cm³/mol. The van der Waals surface area contributed by atoms with Crippen molar-refractivity contribution in [2.45, 2.75) is 38.3 Å². The second-order valence-corrected chi connectivity index (χ2v) is 5.22. The highest BCUT2D eigenvalue weighted by atomic mass is 16.5. The number of unbranched alkanes of at least 4 members (excludes halogenated alkanes) is 1. The van der Waals surface area contributed by atoms with Crippen LogP contribution in [0.4, 0.5) is 0 Å². The van der Waals surface area contributed by atoms with E-state index in [0.29, 0.717) is 0 Å². The van der Waals surface area contributed by atoms with Crippen LogP contribution in [0, 0.1) is 0 Å². The number of ether oxygens (including phenoxy) is 1. The molecule has 0 aliphatic carbocycles. The minimum Gasteiger partial charge on any atom is -0.497 e. The van der Waals surface area contributed by atoms with Gasteiger partial charge in [-0.1, -0.05) is 38.0 Å². The molecular formula is C17H23NO2. The summed E-state index contributed by atoms with van der Waals surface area (Å²) in [5.74, 6) is 0.838. The second-order valence-electron chi connectivity index (χ2n) is 5.22. The molecule has 108 valence electrons. The average molecular weight is 273 g/mol. The lowest BCUT2D eigenvalue weighted by Gasteiger charge is -2.19. The molecule has 2 atom stereocenters. The molecule has 0 saturated heterocycles. The Kier molecular flexibility index (Phi) is 4.99. The molecule has 0 spiro atoms. The van der Waals surface area contributed by atoms with Crippen LogP contribution in [-0.2, 0) is 0 Å². The predicted octanol–water partition coefficient (Wildman–Crippen LogP) is 3.40. The fourth-order valence-corrected chi connectivity index (χ4v) is 2.40. The summed E-state index contributed by atoms with van der Waals surface area (Å²) in [5.41, 5.74) is 6.94. The Hall–Kier alpha value is -1.58. The molecule has 2 unspecified atom stereocenters. The molecule has 0 aliphatic rings.